The van der Waals surface area contributed by atoms with Crippen molar-refractivity contribution in [2.75, 3.05) is 13.6 Å². The molecule has 20 heavy (non-hydrogen) atoms. The molecule has 0 radical (unpaired) electrons. The lowest BCUT2D eigenvalue weighted by atomic mass is 10.3. The van der Waals surface area contributed by atoms with Gasteiger partial charge in [-0.3, -0.25) is 0 Å². The molecule has 0 saturated carbocycles. The molecule has 108 valence electrons. The highest BCUT2D eigenvalue weighted by atomic mass is 32.2. The predicted molar refractivity (Wildman–Crippen MR) is 79.1 cm³/mol. The normalized spacial score (nSPS) is 11.9. The number of nitrogens with zero attached hydrogens (tertiary/aromatic N) is 1. The Kier molecular flexibility index (Phi) is 4.59. The van der Waals surface area contributed by atoms with E-state index >= 15 is 0 Å². The van der Waals surface area contributed by atoms with E-state index in [1.54, 1.807) is 11.3 Å². The fourth-order valence-corrected chi connectivity index (χ4v) is 4.80. The molecule has 0 aliphatic rings. The van der Waals surface area contributed by atoms with Crippen LogP contribution in [0.3, 0.4) is 0 Å². The molecule has 0 amide bonds. The molecule has 0 bridgehead atoms. The summed E-state index contributed by atoms with van der Waals surface area (Å²) in [6, 6.07) is 6.53. The first-order valence-corrected chi connectivity index (χ1v) is 8.87. The van der Waals surface area contributed by atoms with Crippen molar-refractivity contribution in [2.45, 2.75) is 10.6 Å². The van der Waals surface area contributed by atoms with Crippen LogP contribution < -0.4 is 0 Å². The van der Waals surface area contributed by atoms with E-state index < -0.39 is 16.0 Å². The van der Waals surface area contributed by atoms with Crippen LogP contribution in [0.15, 0.2) is 33.9 Å². The average Bonchev–Trinajstić information content (AvgIpc) is 3.06. The van der Waals surface area contributed by atoms with Crippen molar-refractivity contribution in [1.82, 2.24) is 4.31 Å². The molecule has 0 aliphatic heterocycles. The summed E-state index contributed by atoms with van der Waals surface area (Å²) in [5, 5.41) is 10.8. The standard InChI is InChI=1S/C12H13NO4S3/c1-13(7-6-9-3-2-8-18-9)20(16,17)11-5-4-10(19-11)12(14)15/h2-5,8H,6-7H2,1H3,(H,14,15). The number of hydrogen-bond acceptors (Lipinski definition) is 5. The zero-order valence-electron chi connectivity index (χ0n) is 10.6. The van der Waals surface area contributed by atoms with E-state index in [9.17, 15) is 13.2 Å². The summed E-state index contributed by atoms with van der Waals surface area (Å²) in [6.07, 6.45) is 0.643. The Morgan fingerprint density at radius 2 is 2.10 bits per heavy atom. The lowest BCUT2D eigenvalue weighted by Gasteiger charge is -2.15. The largest absolute Gasteiger partial charge is 0.477 e. The maximum Gasteiger partial charge on any atom is 0.345 e. The smallest absolute Gasteiger partial charge is 0.345 e. The number of aromatic carboxylic acids is 1. The Morgan fingerprint density at radius 1 is 1.35 bits per heavy atom. The number of carbonyl (C=O) groups is 1. The van der Waals surface area contributed by atoms with Crippen LogP contribution in [-0.2, 0) is 16.4 Å². The highest BCUT2D eigenvalue weighted by Gasteiger charge is 2.23. The molecule has 0 unspecified atom stereocenters. The lowest BCUT2D eigenvalue weighted by Crippen LogP contribution is -2.28. The molecule has 5 nitrogen and oxygen atoms in total. The van der Waals surface area contributed by atoms with Crippen LogP contribution in [0, 0.1) is 0 Å². The SMILES string of the molecule is CN(CCc1cccs1)S(=O)(=O)c1ccc(C(=O)O)s1. The van der Waals surface area contributed by atoms with Crippen LogP contribution in [0.25, 0.3) is 0 Å². The highest BCUT2D eigenvalue weighted by molar-refractivity contribution is 7.91. The first kappa shape index (κ1) is 15.2. The molecule has 0 spiro atoms. The molecule has 0 fully saturated rings. The Morgan fingerprint density at radius 3 is 2.65 bits per heavy atom. The number of hydrogen-bond donors (Lipinski definition) is 1. The summed E-state index contributed by atoms with van der Waals surface area (Å²) in [4.78, 5) is 11.9. The van der Waals surface area contributed by atoms with Crippen molar-refractivity contribution in [1.29, 1.82) is 0 Å². The van der Waals surface area contributed by atoms with Gasteiger partial charge in [0.25, 0.3) is 10.0 Å². The maximum atomic E-state index is 12.3. The zero-order valence-corrected chi connectivity index (χ0v) is 13.1. The van der Waals surface area contributed by atoms with E-state index in [0.29, 0.717) is 13.0 Å². The first-order valence-electron chi connectivity index (χ1n) is 5.73. The molecule has 1 N–H and O–H groups in total. The van der Waals surface area contributed by atoms with Crippen LogP contribution in [0.4, 0.5) is 0 Å². The second-order valence-corrected chi connectivity index (χ2v) is 8.47. The molecular formula is C12H13NO4S3. The molecule has 2 heterocycles. The highest BCUT2D eigenvalue weighted by Crippen LogP contribution is 2.24. The fraction of sp³-hybridized carbons (Fsp3) is 0.250. The summed E-state index contributed by atoms with van der Waals surface area (Å²) >= 11 is 2.36. The van der Waals surface area contributed by atoms with E-state index in [2.05, 4.69) is 0 Å². The van der Waals surface area contributed by atoms with E-state index in [4.69, 9.17) is 5.11 Å². The molecule has 0 aromatic carbocycles. The second-order valence-electron chi connectivity index (χ2n) is 4.08. The van der Waals surface area contributed by atoms with Crippen LogP contribution in [0.5, 0.6) is 0 Å². The van der Waals surface area contributed by atoms with Crippen LogP contribution >= 0.6 is 22.7 Å². The lowest BCUT2D eigenvalue weighted by molar-refractivity contribution is 0.0702. The predicted octanol–water partition coefficient (Wildman–Crippen LogP) is 2.37. The van der Waals surface area contributed by atoms with Gasteiger partial charge in [0.05, 0.1) is 0 Å². The minimum Gasteiger partial charge on any atom is -0.477 e. The number of sulfonamides is 1. The maximum absolute atomic E-state index is 12.3. The van der Waals surface area contributed by atoms with Gasteiger partial charge in [-0.25, -0.2) is 13.2 Å². The summed E-state index contributed by atoms with van der Waals surface area (Å²) in [5.41, 5.74) is 0. The van der Waals surface area contributed by atoms with E-state index in [-0.39, 0.29) is 9.09 Å². The van der Waals surface area contributed by atoms with Crippen molar-refractivity contribution in [3.63, 3.8) is 0 Å². The van der Waals surface area contributed by atoms with Gasteiger partial charge in [-0.05, 0) is 30.0 Å². The second kappa shape index (κ2) is 6.04. The monoisotopic (exact) mass is 331 g/mol. The molecule has 8 heteroatoms. The average molecular weight is 331 g/mol. The minimum atomic E-state index is -3.61. The Hall–Kier alpha value is -1.22. The number of rotatable bonds is 6. The van der Waals surface area contributed by atoms with Crippen LogP contribution in [0.1, 0.15) is 14.5 Å². The van der Waals surface area contributed by atoms with Crippen molar-refractivity contribution in [3.8, 4) is 0 Å². The first-order chi connectivity index (χ1) is 9.41. The molecule has 0 saturated heterocycles. The van der Waals surface area contributed by atoms with E-state index in [0.717, 1.165) is 16.2 Å². The van der Waals surface area contributed by atoms with Crippen molar-refractivity contribution < 1.29 is 18.3 Å². The minimum absolute atomic E-state index is 0.0234. The van der Waals surface area contributed by atoms with Crippen LogP contribution in [-0.4, -0.2) is 37.4 Å². The third-order valence-electron chi connectivity index (χ3n) is 2.71. The molecule has 2 aromatic heterocycles. The van der Waals surface area contributed by atoms with Gasteiger partial charge in [0.1, 0.15) is 9.09 Å². The van der Waals surface area contributed by atoms with Gasteiger partial charge in [0, 0.05) is 18.5 Å². The number of likely N-dealkylation sites (N-methyl/N-ethyl adjacent to an activating group) is 1. The fourth-order valence-electron chi connectivity index (χ4n) is 1.57. The van der Waals surface area contributed by atoms with E-state index in [1.807, 2.05) is 17.5 Å². The van der Waals surface area contributed by atoms with Gasteiger partial charge in [0.15, 0.2) is 0 Å². The Balaban J connectivity index is 2.10. The molecule has 2 rings (SSSR count). The quantitative estimate of drug-likeness (QED) is 0.882. The number of thiophene rings is 2. The summed E-state index contributed by atoms with van der Waals surface area (Å²) < 4.78 is 25.9. The Labute approximate surface area is 125 Å². The van der Waals surface area contributed by atoms with Gasteiger partial charge >= 0.3 is 5.97 Å². The Bertz CT molecular complexity index is 688. The van der Waals surface area contributed by atoms with Crippen molar-refractivity contribution in [2.24, 2.45) is 0 Å². The van der Waals surface area contributed by atoms with Gasteiger partial charge in [-0.15, -0.1) is 22.7 Å². The summed E-state index contributed by atoms with van der Waals surface area (Å²) in [6.45, 7) is 0.364. The van der Waals surface area contributed by atoms with Gasteiger partial charge in [0.2, 0.25) is 0 Å². The van der Waals surface area contributed by atoms with Crippen molar-refractivity contribution >= 4 is 38.7 Å². The summed E-state index contributed by atoms with van der Waals surface area (Å²) in [5.74, 6) is -1.11. The topological polar surface area (TPSA) is 74.7 Å². The van der Waals surface area contributed by atoms with Gasteiger partial charge in [-0.1, -0.05) is 6.07 Å². The van der Waals surface area contributed by atoms with Gasteiger partial charge in [-0.2, -0.15) is 4.31 Å². The zero-order chi connectivity index (χ0) is 14.8. The molecular weight excluding hydrogens is 318 g/mol. The number of carboxylic acid groups (broad SMARTS) is 1. The molecule has 0 aliphatic carbocycles. The molecule has 0 atom stereocenters. The molecule has 2 aromatic rings. The number of carboxylic acids is 1. The summed E-state index contributed by atoms with van der Waals surface area (Å²) in [7, 11) is -2.11. The third-order valence-corrected chi connectivity index (χ3v) is 7.04. The van der Waals surface area contributed by atoms with Crippen LogP contribution in [0.2, 0.25) is 0 Å². The third kappa shape index (κ3) is 3.26. The van der Waals surface area contributed by atoms with E-state index in [1.165, 1.54) is 23.5 Å². The van der Waals surface area contributed by atoms with Crippen molar-refractivity contribution in [3.05, 3.63) is 39.4 Å². The van der Waals surface area contributed by atoms with Gasteiger partial charge < -0.3 is 5.11 Å².